The number of sulfone groups is 1. The van der Waals surface area contributed by atoms with Gasteiger partial charge in [0.1, 0.15) is 0 Å². The number of hydrogen-bond donors (Lipinski definition) is 0. The molecule has 1 aliphatic rings. The highest BCUT2D eigenvalue weighted by Crippen LogP contribution is 2.37. The minimum Gasteiger partial charge on any atom is -0.247 e. The second-order valence-corrected chi connectivity index (χ2v) is 6.34. The second-order valence-electron chi connectivity index (χ2n) is 3.92. The molecule has 86 valence electrons. The number of rotatable bonds is 2. The molecule has 0 N–H and O–H groups in total. The first-order valence-corrected chi connectivity index (χ1v) is 6.01. The van der Waals surface area contributed by atoms with Crippen molar-refractivity contribution in [3.63, 3.8) is 0 Å². The zero-order valence-electron chi connectivity index (χ0n) is 8.64. The van der Waals surface area contributed by atoms with Crippen LogP contribution in [-0.4, -0.2) is 30.9 Å². The van der Waals surface area contributed by atoms with E-state index in [2.05, 4.69) is 9.78 Å². The van der Waals surface area contributed by atoms with Crippen LogP contribution in [0.25, 0.3) is 0 Å². The lowest BCUT2D eigenvalue weighted by atomic mass is 10.2. The first kappa shape index (κ1) is 12.0. The summed E-state index contributed by atoms with van der Waals surface area (Å²) in [5, 5.41) is 0. The molecular formula is C8H12O6S. The van der Waals surface area contributed by atoms with Crippen molar-refractivity contribution in [3.05, 3.63) is 0 Å². The molecule has 0 aromatic carbocycles. The van der Waals surface area contributed by atoms with Gasteiger partial charge in [-0.3, -0.25) is 0 Å². The molecule has 7 heteroatoms. The van der Waals surface area contributed by atoms with Gasteiger partial charge in [0.25, 0.3) is 0 Å². The molecule has 0 aromatic rings. The third-order valence-electron chi connectivity index (χ3n) is 2.17. The molecule has 0 aliphatic carbocycles. The molecule has 1 rings (SSSR count). The molecule has 1 heterocycles. The summed E-state index contributed by atoms with van der Waals surface area (Å²) in [5.74, 6) is -2.47. The van der Waals surface area contributed by atoms with Gasteiger partial charge < -0.3 is 0 Å². The normalized spacial score (nSPS) is 27.2. The largest absolute Gasteiger partial charge is 0.377 e. The van der Waals surface area contributed by atoms with Crippen molar-refractivity contribution in [1.29, 1.82) is 0 Å². The van der Waals surface area contributed by atoms with Crippen LogP contribution >= 0.6 is 0 Å². The molecule has 0 saturated carbocycles. The van der Waals surface area contributed by atoms with Gasteiger partial charge in [-0.25, -0.2) is 27.8 Å². The SMILES string of the molecule is CC(C)C(=O)OOC(=O)C1(C)CS1(=O)=O. The van der Waals surface area contributed by atoms with Crippen LogP contribution in [-0.2, 0) is 29.2 Å². The highest BCUT2D eigenvalue weighted by atomic mass is 32.2. The smallest absolute Gasteiger partial charge is 0.247 e. The molecule has 15 heavy (non-hydrogen) atoms. The summed E-state index contributed by atoms with van der Waals surface area (Å²) >= 11 is 0. The first-order valence-electron chi connectivity index (χ1n) is 4.36. The third kappa shape index (κ3) is 2.11. The zero-order chi connectivity index (χ0) is 11.9. The van der Waals surface area contributed by atoms with Crippen molar-refractivity contribution in [2.24, 2.45) is 5.92 Å². The lowest BCUT2D eigenvalue weighted by Crippen LogP contribution is -2.27. The standard InChI is InChI=1S/C8H12O6S/c1-5(2)6(9)13-14-7(10)8(3)4-15(8,11)12/h5H,4H2,1-3H3. The molecule has 1 atom stereocenters. The Bertz CT molecular complexity index is 395. The molecule has 1 aliphatic heterocycles. The van der Waals surface area contributed by atoms with E-state index in [4.69, 9.17) is 0 Å². The Labute approximate surface area is 87.4 Å². The van der Waals surface area contributed by atoms with Gasteiger partial charge in [0, 0.05) is 0 Å². The van der Waals surface area contributed by atoms with E-state index in [0.29, 0.717) is 0 Å². The summed E-state index contributed by atoms with van der Waals surface area (Å²) in [6, 6.07) is 0. The minimum absolute atomic E-state index is 0.266. The zero-order valence-corrected chi connectivity index (χ0v) is 9.46. The molecular weight excluding hydrogens is 224 g/mol. The highest BCUT2D eigenvalue weighted by molar-refractivity contribution is 8.01. The average molecular weight is 236 g/mol. The van der Waals surface area contributed by atoms with Crippen LogP contribution in [0.1, 0.15) is 20.8 Å². The number of carbonyl (C=O) groups excluding carboxylic acids is 2. The van der Waals surface area contributed by atoms with Crippen LogP contribution in [0.4, 0.5) is 0 Å². The van der Waals surface area contributed by atoms with Gasteiger partial charge in [-0.15, -0.1) is 0 Å². The molecule has 0 amide bonds. The van der Waals surface area contributed by atoms with Gasteiger partial charge in [0.15, 0.2) is 14.6 Å². The minimum atomic E-state index is -3.39. The lowest BCUT2D eigenvalue weighted by molar-refractivity contribution is -0.262. The monoisotopic (exact) mass is 236 g/mol. The second kappa shape index (κ2) is 3.48. The number of hydrogen-bond acceptors (Lipinski definition) is 6. The Morgan fingerprint density at radius 1 is 1.27 bits per heavy atom. The summed E-state index contributed by atoms with van der Waals surface area (Å²) in [6.45, 7) is 4.35. The van der Waals surface area contributed by atoms with Crippen LogP contribution < -0.4 is 0 Å². The van der Waals surface area contributed by atoms with Crippen LogP contribution in [0.5, 0.6) is 0 Å². The van der Waals surface area contributed by atoms with Gasteiger partial charge in [0.2, 0.25) is 0 Å². The van der Waals surface area contributed by atoms with Crippen molar-refractivity contribution >= 4 is 21.8 Å². The van der Waals surface area contributed by atoms with Crippen molar-refractivity contribution in [1.82, 2.24) is 0 Å². The summed E-state index contributed by atoms with van der Waals surface area (Å²) in [7, 11) is -3.39. The fourth-order valence-corrected chi connectivity index (χ4v) is 2.14. The van der Waals surface area contributed by atoms with Gasteiger partial charge in [-0.1, -0.05) is 13.8 Å². The Hall–Kier alpha value is -1.11. The van der Waals surface area contributed by atoms with E-state index < -0.39 is 32.4 Å². The topological polar surface area (TPSA) is 86.7 Å². The molecule has 0 spiro atoms. The molecule has 1 unspecified atom stereocenters. The predicted molar refractivity (Wildman–Crippen MR) is 49.2 cm³/mol. The van der Waals surface area contributed by atoms with E-state index in [-0.39, 0.29) is 5.75 Å². The molecule has 1 fully saturated rings. The van der Waals surface area contributed by atoms with E-state index in [0.717, 1.165) is 0 Å². The Morgan fingerprint density at radius 2 is 1.73 bits per heavy atom. The van der Waals surface area contributed by atoms with E-state index in [1.165, 1.54) is 6.92 Å². The number of carbonyl (C=O) groups is 2. The third-order valence-corrected chi connectivity index (χ3v) is 4.46. The molecule has 6 nitrogen and oxygen atoms in total. The van der Waals surface area contributed by atoms with Crippen LogP contribution in [0.3, 0.4) is 0 Å². The molecule has 1 saturated heterocycles. The Kier molecular flexibility index (Phi) is 2.77. The van der Waals surface area contributed by atoms with E-state index in [1.54, 1.807) is 13.8 Å². The maximum absolute atomic E-state index is 11.2. The van der Waals surface area contributed by atoms with Crippen LogP contribution in [0.2, 0.25) is 0 Å². The summed E-state index contributed by atoms with van der Waals surface area (Å²) < 4.78 is 20.4. The summed E-state index contributed by atoms with van der Waals surface area (Å²) in [4.78, 5) is 30.4. The quantitative estimate of drug-likeness (QED) is 0.376. The predicted octanol–water partition coefficient (Wildman–Crippen LogP) is -0.169. The van der Waals surface area contributed by atoms with Crippen molar-refractivity contribution in [2.75, 3.05) is 5.75 Å². The molecule has 0 radical (unpaired) electrons. The van der Waals surface area contributed by atoms with E-state index >= 15 is 0 Å². The Morgan fingerprint density at radius 3 is 2.07 bits per heavy atom. The fourth-order valence-electron chi connectivity index (χ4n) is 0.782. The van der Waals surface area contributed by atoms with Crippen molar-refractivity contribution < 1.29 is 27.8 Å². The lowest BCUT2D eigenvalue weighted by Gasteiger charge is -2.06. The maximum Gasteiger partial charge on any atom is 0.377 e. The van der Waals surface area contributed by atoms with Crippen molar-refractivity contribution in [3.8, 4) is 0 Å². The first-order chi connectivity index (χ1) is 6.71. The van der Waals surface area contributed by atoms with Gasteiger partial charge in [-0.2, -0.15) is 0 Å². The van der Waals surface area contributed by atoms with E-state index in [9.17, 15) is 18.0 Å². The Balaban J connectivity index is 2.50. The summed E-state index contributed by atoms with van der Waals surface area (Å²) in [5.41, 5.74) is 0. The average Bonchev–Trinajstić information content (AvgIpc) is 2.62. The molecule has 0 bridgehead atoms. The van der Waals surface area contributed by atoms with Gasteiger partial charge >= 0.3 is 11.9 Å². The fraction of sp³-hybridized carbons (Fsp3) is 0.750. The van der Waals surface area contributed by atoms with Crippen molar-refractivity contribution in [2.45, 2.75) is 25.5 Å². The van der Waals surface area contributed by atoms with Crippen LogP contribution in [0, 0.1) is 5.92 Å². The van der Waals surface area contributed by atoms with Gasteiger partial charge in [-0.05, 0) is 6.92 Å². The van der Waals surface area contributed by atoms with Crippen LogP contribution in [0.15, 0.2) is 0 Å². The summed E-state index contributed by atoms with van der Waals surface area (Å²) in [6.07, 6.45) is 0. The highest BCUT2D eigenvalue weighted by Gasteiger charge is 2.65. The maximum atomic E-state index is 11.2. The molecule has 0 aromatic heterocycles. The van der Waals surface area contributed by atoms with E-state index in [1.807, 2.05) is 0 Å². The van der Waals surface area contributed by atoms with Gasteiger partial charge in [0.05, 0.1) is 11.7 Å².